The van der Waals surface area contributed by atoms with Gasteiger partial charge in [0.25, 0.3) is 0 Å². The number of carbonyl (C=O) groups excluding carboxylic acids is 2. The summed E-state index contributed by atoms with van der Waals surface area (Å²) in [5.41, 5.74) is 9.36. The maximum absolute atomic E-state index is 9.43. The van der Waals surface area contributed by atoms with Crippen molar-refractivity contribution in [3.63, 3.8) is 0 Å². The van der Waals surface area contributed by atoms with Crippen molar-refractivity contribution in [2.75, 3.05) is 133 Å². The van der Waals surface area contributed by atoms with Crippen LogP contribution in [0.2, 0.25) is 0 Å². The minimum atomic E-state index is -0.180. The van der Waals surface area contributed by atoms with E-state index in [9.17, 15) is 9.59 Å². The summed E-state index contributed by atoms with van der Waals surface area (Å²) in [5.74, 6) is 2.60. The van der Waals surface area contributed by atoms with E-state index in [4.69, 9.17) is 39.9 Å². The number of benzene rings is 6. The SMILES string of the molecule is CC[N+](CC)(CC)CC.CC[N+](CC)(CC)CC.CC[N+](CC)(CC)CC.CC[N+](CC)(CC)CC.CN(C)C=O.CN(C)C=O.[Fe+2].[Fe+2].[S-2].[S-2].c1ccc(C(c2nc3ccccc3[n-]2)c2nc3ccccc3[n-]2)cc1.c1ccc(C(c2nc3ccccc3[n-]2)c2nc3ccccc3[n-]2)cc1. The zero-order valence-electron chi connectivity index (χ0n) is 64.2. The Morgan fingerprint density at radius 3 is 0.570 bits per heavy atom. The maximum atomic E-state index is 9.43. The third-order valence-electron chi connectivity index (χ3n) is 19.9. The average molecular weight is 1490 g/mol. The number of quaternary nitrogens is 4. The molecule has 16 nitrogen and oxygen atoms in total. The van der Waals surface area contributed by atoms with Crippen molar-refractivity contribution in [1.82, 2.24) is 49.7 Å². The van der Waals surface area contributed by atoms with Crippen LogP contribution in [-0.4, -0.2) is 193 Å². The van der Waals surface area contributed by atoms with Gasteiger partial charge in [0.1, 0.15) is 0 Å². The molecule has 100 heavy (non-hydrogen) atoms. The van der Waals surface area contributed by atoms with Crippen molar-refractivity contribution >= 4 is 83.9 Å². The summed E-state index contributed by atoms with van der Waals surface area (Å²) in [6.45, 7) is 56.9. The Morgan fingerprint density at radius 1 is 0.290 bits per heavy atom. The first-order valence-electron chi connectivity index (χ1n) is 35.6. The van der Waals surface area contributed by atoms with Crippen LogP contribution in [0.1, 0.15) is 157 Å². The number of hydrogen-bond acceptors (Lipinski definition) is 6. The summed E-state index contributed by atoms with van der Waals surface area (Å²) in [5, 5.41) is 0. The second-order valence-electron chi connectivity index (χ2n) is 24.5. The zero-order chi connectivity index (χ0) is 71.2. The maximum Gasteiger partial charge on any atom is 2.00 e. The molecule has 6 aromatic carbocycles. The van der Waals surface area contributed by atoms with Crippen LogP contribution in [0.25, 0.3) is 44.1 Å². The van der Waals surface area contributed by atoms with E-state index in [0.29, 0.717) is 0 Å². The molecule has 0 radical (unpaired) electrons. The molecule has 0 saturated carbocycles. The summed E-state index contributed by atoms with van der Waals surface area (Å²) in [6.07, 6.45) is 1.50. The second kappa shape index (κ2) is 51.0. The smallest absolute Gasteiger partial charge is 2.00 e. The normalized spacial score (nSPS) is 10.8. The van der Waals surface area contributed by atoms with E-state index in [1.54, 1.807) is 28.2 Å². The minimum absolute atomic E-state index is 0. The first-order valence-corrected chi connectivity index (χ1v) is 35.6. The Bertz CT molecular complexity index is 3040. The number of amides is 2. The van der Waals surface area contributed by atoms with Gasteiger partial charge in [0.15, 0.2) is 0 Å². The van der Waals surface area contributed by atoms with Gasteiger partial charge in [-0.05, 0) is 166 Å². The van der Waals surface area contributed by atoms with Crippen LogP contribution in [0, 0.1) is 0 Å². The molecule has 4 aromatic heterocycles. The Kier molecular flexibility index (Phi) is 48.8. The van der Waals surface area contributed by atoms with E-state index in [0.717, 1.165) is 91.4 Å². The number of imidazole rings is 4. The summed E-state index contributed by atoms with van der Waals surface area (Å²) in [6, 6.07) is 52.1. The van der Waals surface area contributed by atoms with Crippen molar-refractivity contribution in [2.45, 2.75) is 123 Å². The number of aromatic nitrogens is 8. The first-order chi connectivity index (χ1) is 46.3. The monoisotopic (exact) mass is 1490 g/mol. The molecule has 20 heteroatoms. The van der Waals surface area contributed by atoms with Crippen LogP contribution in [0.15, 0.2) is 158 Å². The van der Waals surface area contributed by atoms with Crippen molar-refractivity contribution in [3.05, 3.63) is 192 Å². The van der Waals surface area contributed by atoms with E-state index in [2.05, 4.69) is 135 Å². The van der Waals surface area contributed by atoms with E-state index in [1.807, 2.05) is 133 Å². The quantitative estimate of drug-likeness (QED) is 0.0325. The zero-order valence-corrected chi connectivity index (χ0v) is 68.1. The Hall–Kier alpha value is -6.28. The summed E-state index contributed by atoms with van der Waals surface area (Å²) < 4.78 is 5.11. The molecule has 10 rings (SSSR count). The predicted octanol–water partition coefficient (Wildman–Crippen LogP) is 14.7. The molecular weight excluding hydrogens is 1360 g/mol. The topological polar surface area (TPSA) is 149 Å². The van der Waals surface area contributed by atoms with Crippen LogP contribution in [0.3, 0.4) is 0 Å². The van der Waals surface area contributed by atoms with E-state index >= 15 is 0 Å². The molecule has 0 aliphatic carbocycles. The summed E-state index contributed by atoms with van der Waals surface area (Å²) in [7, 11) is 6.75. The molecule has 0 saturated heterocycles. The number of fused-ring (bicyclic) bond motifs is 4. The molecule has 0 aliphatic heterocycles. The molecule has 0 aliphatic rings. The van der Waals surface area contributed by atoms with Crippen LogP contribution < -0.4 is 19.9 Å². The number of carbonyl (C=O) groups is 2. The third kappa shape index (κ3) is 28.9. The van der Waals surface area contributed by atoms with Gasteiger partial charge in [0.2, 0.25) is 12.8 Å². The van der Waals surface area contributed by atoms with Crippen LogP contribution in [0.5, 0.6) is 0 Å². The van der Waals surface area contributed by atoms with Crippen LogP contribution >= 0.6 is 0 Å². The molecule has 2 amide bonds. The van der Waals surface area contributed by atoms with Gasteiger partial charge in [0.05, 0.1) is 105 Å². The van der Waals surface area contributed by atoms with Gasteiger partial charge in [0, 0.05) is 40.0 Å². The Labute approximate surface area is 638 Å². The number of hydrogen-bond donors (Lipinski definition) is 0. The van der Waals surface area contributed by atoms with Gasteiger partial charge >= 0.3 is 34.1 Å². The van der Waals surface area contributed by atoms with E-state index in [-0.39, 0.29) is 73.0 Å². The predicted molar refractivity (Wildman–Crippen MR) is 419 cm³/mol. The second-order valence-corrected chi connectivity index (χ2v) is 24.5. The molecular formula is C80H122Fe2N14O2S2. The van der Waals surface area contributed by atoms with Gasteiger partial charge in [-0.15, -0.1) is 0 Å². The van der Waals surface area contributed by atoms with Gasteiger partial charge in [-0.25, -0.2) is 0 Å². The van der Waals surface area contributed by atoms with Crippen molar-refractivity contribution < 1.29 is 61.7 Å². The molecule has 10 aromatic rings. The van der Waals surface area contributed by atoms with Gasteiger partial charge in [-0.3, -0.25) is 9.59 Å². The fourth-order valence-electron chi connectivity index (χ4n) is 11.7. The van der Waals surface area contributed by atoms with E-state index in [1.165, 1.54) is 132 Å². The summed E-state index contributed by atoms with van der Waals surface area (Å²) >= 11 is 0. The van der Waals surface area contributed by atoms with Crippen molar-refractivity contribution in [1.29, 1.82) is 0 Å². The third-order valence-corrected chi connectivity index (χ3v) is 19.9. The van der Waals surface area contributed by atoms with Crippen LogP contribution in [0.4, 0.5) is 0 Å². The molecule has 4 heterocycles. The minimum Gasteiger partial charge on any atom is -2.00 e. The molecule has 0 spiro atoms. The molecule has 0 unspecified atom stereocenters. The van der Waals surface area contributed by atoms with Gasteiger partial charge in [-0.2, -0.15) is 0 Å². The first kappa shape index (κ1) is 95.8. The van der Waals surface area contributed by atoms with Gasteiger partial charge in [-0.1, -0.05) is 181 Å². The molecule has 0 fully saturated rings. The Morgan fingerprint density at radius 2 is 0.440 bits per heavy atom. The largest absolute Gasteiger partial charge is 2.00 e. The number of nitrogens with zero attached hydrogens (tertiary/aromatic N) is 14. The average Bonchev–Trinajstić information content (AvgIpc) is 1.64. The number of para-hydroxylation sites is 8. The van der Waals surface area contributed by atoms with Gasteiger partial charge < -0.3 is 94.6 Å². The Balaban J connectivity index is 0. The standard InChI is InChI=1S/2C21H14N4.4C8H20N.2C3H7NO.2Fe.2S/c2*1-2-8-14(9-3-1)19(20-22-15-10-4-5-11-16(15)23-20)21-24-17-12-6-7-13-18(17)25-21;4*1-5-9(6-2,7-3)8-4;2*1-4(2)3-5;;;;/h2*1-13,19H;4*5-8H2,1-4H3;2*3H,1-2H3;;;;/q2*-2;4*+1;;;2*+2;2*-2. The molecule has 0 atom stereocenters. The molecule has 0 bridgehead atoms. The molecule has 552 valence electrons. The van der Waals surface area contributed by atoms with Crippen molar-refractivity contribution in [3.8, 4) is 0 Å². The number of rotatable bonds is 24. The fourth-order valence-corrected chi connectivity index (χ4v) is 11.7. The van der Waals surface area contributed by atoms with E-state index < -0.39 is 0 Å². The van der Waals surface area contributed by atoms with Crippen LogP contribution in [-0.2, 0) is 70.7 Å². The molecule has 0 N–H and O–H groups in total. The summed E-state index contributed by atoms with van der Waals surface area (Å²) in [4.78, 5) is 59.7. The fraction of sp³-hybridized carbons (Fsp3) is 0.475. The van der Waals surface area contributed by atoms with Crippen molar-refractivity contribution in [2.24, 2.45) is 0 Å².